The molecule has 2 N–H and O–H groups in total. The molecule has 0 radical (unpaired) electrons. The van der Waals surface area contributed by atoms with Crippen LogP contribution >= 0.6 is 0 Å². The van der Waals surface area contributed by atoms with E-state index in [-0.39, 0.29) is 29.3 Å². The van der Waals surface area contributed by atoms with Crippen LogP contribution in [0.3, 0.4) is 0 Å². The molecule has 0 bridgehead atoms. The van der Waals surface area contributed by atoms with E-state index in [0.717, 1.165) is 30.1 Å². The molecule has 4 heterocycles. The summed E-state index contributed by atoms with van der Waals surface area (Å²) in [6, 6.07) is 6.30. The van der Waals surface area contributed by atoms with Crippen LogP contribution in [0.4, 0.5) is 0 Å². The summed E-state index contributed by atoms with van der Waals surface area (Å²) in [6.45, 7) is 3.86. The standard InChI is InChI=1S/C27H27N3O5/c1-13-4-7-18(31)21-19(13)27-16-12-29(11-14-5-6-14)22(16)26(27,34)9-8-17(23(27)35-21)30-24(32)15-3-2-10-28-20(15)25(30)33/h2-4,7,10,14,16-17,22-23,31,34H,5-6,8-9,11-12H2,1H3/t16?,17-,22-,23+,26-,27+/m1/s1. The highest BCUT2D eigenvalue weighted by Crippen LogP contribution is 2.73. The molecule has 3 saturated carbocycles. The van der Waals surface area contributed by atoms with Crippen LogP contribution in [0.5, 0.6) is 11.5 Å². The molecule has 6 aliphatic rings. The number of ether oxygens (including phenoxy) is 1. The van der Waals surface area contributed by atoms with Gasteiger partial charge in [0.25, 0.3) is 11.8 Å². The number of carbonyl (C=O) groups is 2. The fraction of sp³-hybridized carbons (Fsp3) is 0.519. The van der Waals surface area contributed by atoms with Gasteiger partial charge in [-0.1, -0.05) is 6.07 Å². The summed E-state index contributed by atoms with van der Waals surface area (Å²) >= 11 is 0. The Morgan fingerprint density at radius 3 is 2.77 bits per heavy atom. The first-order chi connectivity index (χ1) is 16.9. The van der Waals surface area contributed by atoms with Gasteiger partial charge >= 0.3 is 0 Å². The van der Waals surface area contributed by atoms with E-state index >= 15 is 0 Å². The lowest BCUT2D eigenvalue weighted by atomic mass is 9.35. The number of amides is 2. The van der Waals surface area contributed by atoms with E-state index in [1.165, 1.54) is 23.9 Å². The largest absolute Gasteiger partial charge is 0.504 e. The lowest BCUT2D eigenvalue weighted by Gasteiger charge is -2.78. The number of imide groups is 1. The topological polar surface area (TPSA) is 103 Å². The zero-order valence-corrected chi connectivity index (χ0v) is 19.5. The Hall–Kier alpha value is -2.97. The van der Waals surface area contributed by atoms with E-state index < -0.39 is 29.1 Å². The van der Waals surface area contributed by atoms with E-state index in [0.29, 0.717) is 24.2 Å². The van der Waals surface area contributed by atoms with Crippen molar-refractivity contribution in [3.63, 3.8) is 0 Å². The molecule has 8 rings (SSSR count). The normalized spacial score (nSPS) is 38.5. The molecule has 6 atom stereocenters. The number of aryl methyl sites for hydroxylation is 1. The van der Waals surface area contributed by atoms with Gasteiger partial charge in [-0.3, -0.25) is 24.4 Å². The molecule has 1 saturated heterocycles. The van der Waals surface area contributed by atoms with Crippen LogP contribution in [0.2, 0.25) is 0 Å². The average Bonchev–Trinajstić information content (AvgIpc) is 3.52. The maximum Gasteiger partial charge on any atom is 0.280 e. The number of phenolic OH excluding ortho intramolecular Hbond substituents is 1. The number of aromatic nitrogens is 1. The molecule has 1 aromatic carbocycles. The number of hydrogen-bond acceptors (Lipinski definition) is 7. The summed E-state index contributed by atoms with van der Waals surface area (Å²) < 4.78 is 6.52. The van der Waals surface area contributed by atoms with Gasteiger partial charge in [0.15, 0.2) is 11.5 Å². The van der Waals surface area contributed by atoms with E-state index in [1.807, 2.05) is 13.0 Å². The van der Waals surface area contributed by atoms with Crippen LogP contribution in [0.25, 0.3) is 0 Å². The van der Waals surface area contributed by atoms with Crippen molar-refractivity contribution in [1.29, 1.82) is 0 Å². The Morgan fingerprint density at radius 2 is 2.00 bits per heavy atom. The molecular weight excluding hydrogens is 446 g/mol. The fourth-order valence-corrected chi connectivity index (χ4v) is 8.33. The second-order valence-electron chi connectivity index (χ2n) is 11.4. The first-order valence-corrected chi connectivity index (χ1v) is 12.7. The Kier molecular flexibility index (Phi) is 3.60. The summed E-state index contributed by atoms with van der Waals surface area (Å²) in [6.07, 6.45) is 4.34. The van der Waals surface area contributed by atoms with Gasteiger partial charge in [-0.2, -0.15) is 0 Å². The first kappa shape index (κ1) is 20.2. The molecule has 1 unspecified atom stereocenters. The quantitative estimate of drug-likeness (QED) is 0.658. The number of fused-ring (bicyclic) bond motifs is 4. The molecular formula is C27H27N3O5. The maximum absolute atomic E-state index is 13.4. The SMILES string of the molecule is Cc1ccc(O)c2c1[C@]13C4CN(CC5CC5)[C@H]4[C@]1(O)CC[C@@H](N1C(=O)c4cccnc4C1=O)[C@@H]3O2. The van der Waals surface area contributed by atoms with Gasteiger partial charge in [-0.25, -0.2) is 0 Å². The monoisotopic (exact) mass is 473 g/mol. The summed E-state index contributed by atoms with van der Waals surface area (Å²) in [7, 11) is 0. The fourth-order valence-electron chi connectivity index (χ4n) is 8.33. The minimum absolute atomic E-state index is 0.0390. The molecule has 3 aliphatic carbocycles. The zero-order valence-electron chi connectivity index (χ0n) is 19.5. The highest BCUT2D eigenvalue weighted by molar-refractivity contribution is 6.20. The molecule has 2 aromatic rings. The van der Waals surface area contributed by atoms with Crippen molar-refractivity contribution < 1.29 is 24.5 Å². The van der Waals surface area contributed by atoms with Gasteiger partial charge in [0.2, 0.25) is 0 Å². The number of likely N-dealkylation sites (tertiary alicyclic amines) is 1. The molecule has 1 aromatic heterocycles. The highest BCUT2D eigenvalue weighted by atomic mass is 16.5. The van der Waals surface area contributed by atoms with Crippen molar-refractivity contribution in [2.24, 2.45) is 11.8 Å². The maximum atomic E-state index is 13.4. The minimum Gasteiger partial charge on any atom is -0.504 e. The Bertz CT molecular complexity index is 1310. The van der Waals surface area contributed by atoms with Crippen molar-refractivity contribution in [3.8, 4) is 11.5 Å². The van der Waals surface area contributed by atoms with Gasteiger partial charge < -0.3 is 14.9 Å². The molecule has 8 heteroatoms. The number of aromatic hydroxyl groups is 1. The molecule has 8 nitrogen and oxygen atoms in total. The third-order valence-electron chi connectivity index (χ3n) is 9.82. The summed E-state index contributed by atoms with van der Waals surface area (Å²) in [5, 5.41) is 23.2. The van der Waals surface area contributed by atoms with Crippen molar-refractivity contribution in [3.05, 3.63) is 52.8 Å². The summed E-state index contributed by atoms with van der Waals surface area (Å²) in [4.78, 5) is 34.7. The van der Waals surface area contributed by atoms with Gasteiger partial charge in [0.1, 0.15) is 11.8 Å². The summed E-state index contributed by atoms with van der Waals surface area (Å²) in [5.74, 6) is 0.549. The molecule has 3 aliphatic heterocycles. The number of aliphatic hydroxyl groups is 1. The first-order valence-electron chi connectivity index (χ1n) is 12.7. The smallest absolute Gasteiger partial charge is 0.280 e. The number of carbonyl (C=O) groups excluding carboxylic acids is 2. The predicted molar refractivity (Wildman–Crippen MR) is 123 cm³/mol. The second kappa shape index (κ2) is 6.23. The van der Waals surface area contributed by atoms with Crippen LogP contribution in [-0.2, 0) is 5.41 Å². The molecule has 35 heavy (non-hydrogen) atoms. The van der Waals surface area contributed by atoms with E-state index in [1.54, 1.807) is 18.2 Å². The van der Waals surface area contributed by atoms with Gasteiger partial charge in [-0.05, 0) is 62.3 Å². The van der Waals surface area contributed by atoms with Crippen LogP contribution in [0.1, 0.15) is 57.7 Å². The Balaban J connectivity index is 1.26. The number of piperidine rings is 1. The van der Waals surface area contributed by atoms with Crippen LogP contribution in [-0.4, -0.2) is 73.7 Å². The Morgan fingerprint density at radius 1 is 1.17 bits per heavy atom. The summed E-state index contributed by atoms with van der Waals surface area (Å²) in [5.41, 5.74) is 0.508. The molecule has 4 fully saturated rings. The second-order valence-corrected chi connectivity index (χ2v) is 11.4. The van der Waals surface area contributed by atoms with E-state index in [9.17, 15) is 19.8 Å². The van der Waals surface area contributed by atoms with E-state index in [4.69, 9.17) is 4.74 Å². The molecule has 180 valence electrons. The van der Waals surface area contributed by atoms with Gasteiger partial charge in [-0.15, -0.1) is 0 Å². The lowest BCUT2D eigenvalue weighted by Crippen LogP contribution is -2.92. The molecule has 1 spiro atoms. The number of hydrogen-bond donors (Lipinski definition) is 2. The van der Waals surface area contributed by atoms with Crippen LogP contribution < -0.4 is 4.74 Å². The van der Waals surface area contributed by atoms with Crippen LogP contribution in [0.15, 0.2) is 30.5 Å². The van der Waals surface area contributed by atoms with Crippen molar-refractivity contribution in [2.45, 2.75) is 61.8 Å². The van der Waals surface area contributed by atoms with Gasteiger partial charge in [0.05, 0.1) is 22.6 Å². The number of nitrogens with zero attached hydrogens (tertiary/aromatic N) is 3. The minimum atomic E-state index is -1.04. The third-order valence-corrected chi connectivity index (χ3v) is 9.82. The van der Waals surface area contributed by atoms with Crippen molar-refractivity contribution in [1.82, 2.24) is 14.8 Å². The lowest BCUT2D eigenvalue weighted by molar-refractivity contribution is -0.320. The average molecular weight is 474 g/mol. The van der Waals surface area contributed by atoms with Crippen LogP contribution in [0, 0.1) is 18.8 Å². The number of benzene rings is 1. The number of phenols is 1. The third kappa shape index (κ3) is 2.12. The van der Waals surface area contributed by atoms with Gasteiger partial charge in [0, 0.05) is 36.8 Å². The predicted octanol–water partition coefficient (Wildman–Crippen LogP) is 2.01. The van der Waals surface area contributed by atoms with Crippen molar-refractivity contribution >= 4 is 11.8 Å². The number of pyridine rings is 1. The number of rotatable bonds is 3. The zero-order chi connectivity index (χ0) is 23.9. The van der Waals surface area contributed by atoms with Crippen molar-refractivity contribution in [2.75, 3.05) is 13.1 Å². The molecule has 2 amide bonds. The Labute approximate surface area is 202 Å². The highest BCUT2D eigenvalue weighted by Gasteiger charge is 2.85. The van der Waals surface area contributed by atoms with E-state index in [2.05, 4.69) is 9.88 Å².